The minimum Gasteiger partial charge on any atom is -0.443 e. The van der Waals surface area contributed by atoms with E-state index < -0.39 is 29.6 Å². The van der Waals surface area contributed by atoms with Crippen molar-refractivity contribution in [1.82, 2.24) is 4.90 Å². The maximum Gasteiger partial charge on any atom is 0.509 e. The molecule has 0 aromatic carbocycles. The molecule has 6 heteroatoms. The zero-order chi connectivity index (χ0) is 16.3. The van der Waals surface area contributed by atoms with Crippen molar-refractivity contribution in [3.8, 4) is 0 Å². The van der Waals surface area contributed by atoms with E-state index in [1.54, 1.807) is 33.0 Å². The molecule has 0 radical (unpaired) electrons. The minimum absolute atomic E-state index is 0.390. The van der Waals surface area contributed by atoms with Crippen molar-refractivity contribution in [2.24, 2.45) is 0 Å². The summed E-state index contributed by atoms with van der Waals surface area (Å²) in [5, 5.41) is 0. The maximum absolute atomic E-state index is 11.9. The standard InChI is InChI=1S/C15H25NO5/c1-14(2,3)20-12(17)16-9-7-11(8-10-16)19-13(18)21-15(4,5)6/h7,9,11H,8,10H2,1-6H3. The van der Waals surface area contributed by atoms with E-state index >= 15 is 0 Å². The highest BCUT2D eigenvalue weighted by Gasteiger charge is 2.26. The third-order valence-electron chi connectivity index (χ3n) is 2.40. The Morgan fingerprint density at radius 3 is 2.05 bits per heavy atom. The third-order valence-corrected chi connectivity index (χ3v) is 2.40. The summed E-state index contributed by atoms with van der Waals surface area (Å²) < 4.78 is 15.5. The van der Waals surface area contributed by atoms with E-state index in [1.807, 2.05) is 20.8 Å². The molecule has 1 aliphatic heterocycles. The number of amides is 1. The van der Waals surface area contributed by atoms with Gasteiger partial charge in [-0.2, -0.15) is 0 Å². The smallest absolute Gasteiger partial charge is 0.443 e. The Bertz CT molecular complexity index is 417. The summed E-state index contributed by atoms with van der Waals surface area (Å²) in [6.07, 6.45) is 2.23. The van der Waals surface area contributed by atoms with Gasteiger partial charge in [0, 0.05) is 19.2 Å². The summed E-state index contributed by atoms with van der Waals surface area (Å²) in [7, 11) is 0. The molecule has 0 aromatic rings. The zero-order valence-corrected chi connectivity index (χ0v) is 13.6. The molecule has 0 N–H and O–H groups in total. The van der Waals surface area contributed by atoms with Crippen molar-refractivity contribution in [3.05, 3.63) is 12.3 Å². The Kier molecular flexibility index (Phi) is 5.25. The molecule has 0 saturated heterocycles. The number of nitrogens with zero attached hydrogens (tertiary/aromatic N) is 1. The van der Waals surface area contributed by atoms with Gasteiger partial charge >= 0.3 is 12.2 Å². The maximum atomic E-state index is 11.9. The molecule has 0 spiro atoms. The van der Waals surface area contributed by atoms with Crippen molar-refractivity contribution in [2.45, 2.75) is 65.3 Å². The SMILES string of the molecule is CC(C)(C)OC(=O)OC1C=CN(C(=O)OC(C)(C)C)CC1. The van der Waals surface area contributed by atoms with E-state index in [2.05, 4.69) is 0 Å². The molecule has 1 heterocycles. The van der Waals surface area contributed by atoms with Gasteiger partial charge in [0.05, 0.1) is 0 Å². The Morgan fingerprint density at radius 1 is 1.05 bits per heavy atom. The van der Waals surface area contributed by atoms with Crippen LogP contribution < -0.4 is 0 Å². The average molecular weight is 299 g/mol. The lowest BCUT2D eigenvalue weighted by Gasteiger charge is -2.29. The van der Waals surface area contributed by atoms with E-state index in [0.717, 1.165) is 0 Å². The highest BCUT2D eigenvalue weighted by atomic mass is 16.7. The molecule has 1 atom stereocenters. The van der Waals surface area contributed by atoms with E-state index in [-0.39, 0.29) is 0 Å². The van der Waals surface area contributed by atoms with Crippen LogP contribution in [-0.4, -0.2) is 41.0 Å². The zero-order valence-electron chi connectivity index (χ0n) is 13.6. The van der Waals surface area contributed by atoms with Gasteiger partial charge in [0.1, 0.15) is 17.3 Å². The topological polar surface area (TPSA) is 65.1 Å². The van der Waals surface area contributed by atoms with Crippen molar-refractivity contribution in [3.63, 3.8) is 0 Å². The van der Waals surface area contributed by atoms with Crippen LogP contribution >= 0.6 is 0 Å². The van der Waals surface area contributed by atoms with Gasteiger partial charge in [-0.3, -0.25) is 4.90 Å². The number of hydrogen-bond donors (Lipinski definition) is 0. The lowest BCUT2D eigenvalue weighted by Crippen LogP contribution is -2.38. The summed E-state index contributed by atoms with van der Waals surface area (Å²) >= 11 is 0. The predicted molar refractivity (Wildman–Crippen MR) is 77.8 cm³/mol. The Balaban J connectivity index is 2.47. The molecule has 0 aromatic heterocycles. The van der Waals surface area contributed by atoms with Crippen LogP contribution in [0.3, 0.4) is 0 Å². The van der Waals surface area contributed by atoms with Crippen molar-refractivity contribution in [2.75, 3.05) is 6.54 Å². The molecule has 0 bridgehead atoms. The van der Waals surface area contributed by atoms with Gasteiger partial charge in [0.25, 0.3) is 0 Å². The molecule has 0 saturated carbocycles. The fraction of sp³-hybridized carbons (Fsp3) is 0.733. The molecule has 0 aliphatic carbocycles. The van der Waals surface area contributed by atoms with Gasteiger partial charge in [0.2, 0.25) is 0 Å². The van der Waals surface area contributed by atoms with Gasteiger partial charge in [-0.1, -0.05) is 0 Å². The lowest BCUT2D eigenvalue weighted by atomic mass is 10.2. The number of carbonyl (C=O) groups is 2. The summed E-state index contributed by atoms with van der Waals surface area (Å²) in [6.45, 7) is 11.2. The van der Waals surface area contributed by atoms with Crippen LogP contribution in [0.15, 0.2) is 12.3 Å². The first-order valence-electron chi connectivity index (χ1n) is 7.04. The van der Waals surface area contributed by atoms with Crippen LogP contribution in [0.4, 0.5) is 9.59 Å². The van der Waals surface area contributed by atoms with Gasteiger partial charge < -0.3 is 14.2 Å². The average Bonchev–Trinajstić information content (AvgIpc) is 2.24. The van der Waals surface area contributed by atoms with Crippen molar-refractivity contribution in [1.29, 1.82) is 0 Å². The summed E-state index contributed by atoms with van der Waals surface area (Å²) in [6, 6.07) is 0. The molecular weight excluding hydrogens is 274 g/mol. The van der Waals surface area contributed by atoms with Gasteiger partial charge in [-0.15, -0.1) is 0 Å². The molecular formula is C15H25NO5. The van der Waals surface area contributed by atoms with Gasteiger partial charge in [-0.25, -0.2) is 9.59 Å². The number of ether oxygens (including phenoxy) is 3. The molecule has 21 heavy (non-hydrogen) atoms. The van der Waals surface area contributed by atoms with Crippen LogP contribution in [0.5, 0.6) is 0 Å². The minimum atomic E-state index is -0.706. The molecule has 0 fully saturated rings. The van der Waals surface area contributed by atoms with E-state index in [9.17, 15) is 9.59 Å². The second kappa shape index (κ2) is 6.37. The fourth-order valence-electron chi connectivity index (χ4n) is 1.61. The number of carbonyl (C=O) groups excluding carboxylic acids is 2. The number of rotatable bonds is 1. The first-order valence-corrected chi connectivity index (χ1v) is 7.04. The molecule has 1 rings (SSSR count). The van der Waals surface area contributed by atoms with Crippen LogP contribution in [0.25, 0.3) is 0 Å². The quantitative estimate of drug-likeness (QED) is 0.694. The Hall–Kier alpha value is -1.72. The fourth-order valence-corrected chi connectivity index (χ4v) is 1.61. The van der Waals surface area contributed by atoms with Crippen LogP contribution in [0.1, 0.15) is 48.0 Å². The van der Waals surface area contributed by atoms with E-state index in [0.29, 0.717) is 13.0 Å². The van der Waals surface area contributed by atoms with Crippen LogP contribution in [-0.2, 0) is 14.2 Å². The second-order valence-corrected chi connectivity index (χ2v) is 6.92. The first-order chi connectivity index (χ1) is 9.46. The number of hydrogen-bond acceptors (Lipinski definition) is 5. The monoisotopic (exact) mass is 299 g/mol. The Labute approximate surface area is 126 Å². The predicted octanol–water partition coefficient (Wildman–Crippen LogP) is 3.46. The first kappa shape index (κ1) is 17.3. The van der Waals surface area contributed by atoms with Crippen molar-refractivity contribution < 1.29 is 23.8 Å². The molecule has 1 amide bonds. The highest BCUT2D eigenvalue weighted by Crippen LogP contribution is 2.17. The third kappa shape index (κ3) is 7.02. The molecule has 1 unspecified atom stereocenters. The molecule has 6 nitrogen and oxygen atoms in total. The lowest BCUT2D eigenvalue weighted by molar-refractivity contribution is -0.0223. The normalized spacial score (nSPS) is 19.1. The summed E-state index contributed by atoms with van der Waals surface area (Å²) in [5.74, 6) is 0. The molecule has 1 aliphatic rings. The second-order valence-electron chi connectivity index (χ2n) is 6.92. The Morgan fingerprint density at radius 2 is 1.62 bits per heavy atom. The van der Waals surface area contributed by atoms with Gasteiger partial charge in [0.15, 0.2) is 0 Å². The van der Waals surface area contributed by atoms with E-state index in [4.69, 9.17) is 14.2 Å². The summed E-state index contributed by atoms with van der Waals surface area (Å²) in [4.78, 5) is 24.9. The van der Waals surface area contributed by atoms with E-state index in [1.165, 1.54) is 4.90 Å². The molecule has 120 valence electrons. The highest BCUT2D eigenvalue weighted by molar-refractivity contribution is 5.69. The van der Waals surface area contributed by atoms with Crippen molar-refractivity contribution >= 4 is 12.2 Å². The van der Waals surface area contributed by atoms with Crippen LogP contribution in [0, 0.1) is 0 Å². The summed E-state index contributed by atoms with van der Waals surface area (Å²) in [5.41, 5.74) is -1.12. The largest absolute Gasteiger partial charge is 0.509 e. The van der Waals surface area contributed by atoms with Gasteiger partial charge in [-0.05, 0) is 47.6 Å². The van der Waals surface area contributed by atoms with Crippen LogP contribution in [0.2, 0.25) is 0 Å².